The zero-order chi connectivity index (χ0) is 40.3. The summed E-state index contributed by atoms with van der Waals surface area (Å²) in [5, 5.41) is 4.95. The highest BCUT2D eigenvalue weighted by Crippen LogP contribution is 2.47. The highest BCUT2D eigenvalue weighted by Gasteiger charge is 2.22. The van der Waals surface area contributed by atoms with Crippen molar-refractivity contribution in [1.29, 1.82) is 0 Å². The van der Waals surface area contributed by atoms with E-state index in [-0.39, 0.29) is 0 Å². The lowest BCUT2D eigenvalue weighted by Gasteiger charge is -2.31. The quantitative estimate of drug-likeness (QED) is 0.129. The standard InChI is InChI=1S/C57H42N2O/c1-60-49-39-47(38-48(40-49)59(45-26-12-5-13-27-45)55-33-19-18-28-50(55)41-20-6-2-7-21-41)58(44-24-10-4-11-25-44)46-36-34-43(35-37-46)57-53-31-16-14-29-51(53)56(42-22-8-3-9-23-42)52-30-15-17-32-54(52)57/h2-40H,1H3. The Morgan fingerprint density at radius 2 is 0.683 bits per heavy atom. The number of fused-ring (bicyclic) bond motifs is 2. The molecule has 0 aliphatic carbocycles. The van der Waals surface area contributed by atoms with Gasteiger partial charge in [-0.2, -0.15) is 0 Å². The van der Waals surface area contributed by atoms with Gasteiger partial charge in [-0.25, -0.2) is 0 Å². The minimum absolute atomic E-state index is 0.759. The molecule has 0 radical (unpaired) electrons. The SMILES string of the molecule is COc1cc(N(c2ccccc2)c2ccc(-c3c4ccccc4c(-c4ccccc4)c4ccccc34)cc2)cc(N(c2ccccc2)c2ccccc2-c2ccccc2)c1. The van der Waals surface area contributed by atoms with Crippen LogP contribution in [0.3, 0.4) is 0 Å². The van der Waals surface area contributed by atoms with Crippen LogP contribution in [0.15, 0.2) is 237 Å². The molecule has 0 spiro atoms. The third-order valence-electron chi connectivity index (χ3n) is 11.3. The third kappa shape index (κ3) is 6.82. The van der Waals surface area contributed by atoms with E-state index < -0.39 is 0 Å². The van der Waals surface area contributed by atoms with Crippen LogP contribution >= 0.6 is 0 Å². The van der Waals surface area contributed by atoms with Gasteiger partial charge in [0.05, 0.1) is 24.2 Å². The van der Waals surface area contributed by atoms with E-state index in [9.17, 15) is 0 Å². The molecule has 0 unspecified atom stereocenters. The van der Waals surface area contributed by atoms with Gasteiger partial charge in [-0.15, -0.1) is 0 Å². The number of para-hydroxylation sites is 3. The van der Waals surface area contributed by atoms with Crippen LogP contribution in [-0.2, 0) is 0 Å². The number of ether oxygens (including phenoxy) is 1. The predicted molar refractivity (Wildman–Crippen MR) is 254 cm³/mol. The summed E-state index contributed by atoms with van der Waals surface area (Å²) in [6.07, 6.45) is 0. The van der Waals surface area contributed by atoms with Gasteiger partial charge in [0.15, 0.2) is 0 Å². The number of rotatable bonds is 10. The second-order valence-electron chi connectivity index (χ2n) is 14.9. The molecule has 0 saturated heterocycles. The molecule has 0 aliphatic heterocycles. The first kappa shape index (κ1) is 36.5. The van der Waals surface area contributed by atoms with Crippen LogP contribution < -0.4 is 14.5 Å². The number of methoxy groups -OCH3 is 1. The van der Waals surface area contributed by atoms with Crippen molar-refractivity contribution >= 4 is 55.7 Å². The van der Waals surface area contributed by atoms with Crippen LogP contribution in [0, 0.1) is 0 Å². The molecule has 0 atom stereocenters. The second kappa shape index (κ2) is 16.2. The van der Waals surface area contributed by atoms with Crippen LogP contribution in [0.1, 0.15) is 0 Å². The van der Waals surface area contributed by atoms with Crippen molar-refractivity contribution < 1.29 is 4.74 Å². The largest absolute Gasteiger partial charge is 0.497 e. The Morgan fingerprint density at radius 1 is 0.300 bits per heavy atom. The molecule has 10 aromatic carbocycles. The average molecular weight is 771 g/mol. The Bertz CT molecular complexity index is 3000. The van der Waals surface area contributed by atoms with Crippen molar-refractivity contribution in [2.24, 2.45) is 0 Å². The van der Waals surface area contributed by atoms with Crippen LogP contribution in [0.4, 0.5) is 34.1 Å². The average Bonchev–Trinajstić information content (AvgIpc) is 3.32. The Hall–Kier alpha value is -7.88. The summed E-state index contributed by atoms with van der Waals surface area (Å²) in [5.41, 5.74) is 13.3. The van der Waals surface area contributed by atoms with E-state index in [4.69, 9.17) is 4.74 Å². The highest BCUT2D eigenvalue weighted by molar-refractivity contribution is 6.21. The molecule has 0 N–H and O–H groups in total. The number of hydrogen-bond donors (Lipinski definition) is 0. The van der Waals surface area contributed by atoms with Crippen molar-refractivity contribution in [3.05, 3.63) is 237 Å². The lowest BCUT2D eigenvalue weighted by atomic mass is 9.86. The maximum absolute atomic E-state index is 6.10. The van der Waals surface area contributed by atoms with Crippen molar-refractivity contribution in [2.75, 3.05) is 16.9 Å². The third-order valence-corrected chi connectivity index (χ3v) is 11.3. The molecular weight excluding hydrogens is 729 g/mol. The lowest BCUT2D eigenvalue weighted by Crippen LogP contribution is -2.14. The first-order chi connectivity index (χ1) is 29.7. The molecule has 0 fully saturated rings. The molecule has 0 bridgehead atoms. The summed E-state index contributed by atoms with van der Waals surface area (Å²) in [6.45, 7) is 0. The minimum Gasteiger partial charge on any atom is -0.497 e. The van der Waals surface area contributed by atoms with Crippen LogP contribution in [-0.4, -0.2) is 7.11 Å². The van der Waals surface area contributed by atoms with Gasteiger partial charge in [-0.1, -0.05) is 176 Å². The predicted octanol–water partition coefficient (Wildman–Crippen LogP) is 15.9. The first-order valence-electron chi connectivity index (χ1n) is 20.4. The maximum atomic E-state index is 6.10. The summed E-state index contributed by atoms with van der Waals surface area (Å²) in [4.78, 5) is 4.65. The van der Waals surface area contributed by atoms with E-state index in [1.807, 2.05) is 0 Å². The van der Waals surface area contributed by atoms with E-state index in [1.54, 1.807) is 7.11 Å². The van der Waals surface area contributed by atoms with Crippen molar-refractivity contribution in [1.82, 2.24) is 0 Å². The number of hydrogen-bond acceptors (Lipinski definition) is 3. The summed E-state index contributed by atoms with van der Waals surface area (Å²) in [6, 6.07) is 84.3. The summed E-state index contributed by atoms with van der Waals surface area (Å²) in [5.74, 6) is 0.759. The molecule has 10 aromatic rings. The fraction of sp³-hybridized carbons (Fsp3) is 0.0175. The van der Waals surface area contributed by atoms with Crippen LogP contribution in [0.5, 0.6) is 5.75 Å². The minimum atomic E-state index is 0.759. The topological polar surface area (TPSA) is 15.7 Å². The Kier molecular flexibility index (Phi) is 9.82. The fourth-order valence-electron chi connectivity index (χ4n) is 8.64. The summed E-state index contributed by atoms with van der Waals surface area (Å²) in [7, 11) is 1.74. The van der Waals surface area contributed by atoms with Crippen molar-refractivity contribution in [2.45, 2.75) is 0 Å². The fourth-order valence-corrected chi connectivity index (χ4v) is 8.64. The van der Waals surface area contributed by atoms with E-state index >= 15 is 0 Å². The van der Waals surface area contributed by atoms with E-state index in [2.05, 4.69) is 246 Å². The molecule has 0 aromatic heterocycles. The normalized spacial score (nSPS) is 11.1. The Morgan fingerprint density at radius 3 is 1.20 bits per heavy atom. The van der Waals surface area contributed by atoms with Gasteiger partial charge in [-0.3, -0.25) is 0 Å². The van der Waals surface area contributed by atoms with Crippen molar-refractivity contribution in [3.8, 4) is 39.1 Å². The molecule has 3 nitrogen and oxygen atoms in total. The molecule has 0 saturated carbocycles. The van der Waals surface area contributed by atoms with Gasteiger partial charge in [0, 0.05) is 34.8 Å². The number of benzene rings is 10. The molecule has 0 amide bonds. The zero-order valence-electron chi connectivity index (χ0n) is 33.3. The van der Waals surface area contributed by atoms with E-state index in [1.165, 1.54) is 38.2 Å². The molecule has 10 rings (SSSR count). The molecule has 3 heteroatoms. The highest BCUT2D eigenvalue weighted by atomic mass is 16.5. The van der Waals surface area contributed by atoms with Crippen LogP contribution in [0.2, 0.25) is 0 Å². The summed E-state index contributed by atoms with van der Waals surface area (Å²) >= 11 is 0. The molecule has 60 heavy (non-hydrogen) atoms. The second-order valence-corrected chi connectivity index (χ2v) is 14.9. The molecule has 286 valence electrons. The maximum Gasteiger partial charge on any atom is 0.123 e. The van der Waals surface area contributed by atoms with Gasteiger partial charge >= 0.3 is 0 Å². The van der Waals surface area contributed by atoms with Gasteiger partial charge in [0.25, 0.3) is 0 Å². The number of anilines is 6. The van der Waals surface area contributed by atoms with Crippen LogP contribution in [0.25, 0.3) is 54.9 Å². The van der Waals surface area contributed by atoms with Gasteiger partial charge in [0.2, 0.25) is 0 Å². The van der Waals surface area contributed by atoms with Gasteiger partial charge in [0.1, 0.15) is 5.75 Å². The molecular formula is C57H42N2O. The Labute approximate surface area is 351 Å². The monoisotopic (exact) mass is 770 g/mol. The van der Waals surface area contributed by atoms with Gasteiger partial charge < -0.3 is 14.5 Å². The van der Waals surface area contributed by atoms with E-state index in [0.29, 0.717) is 0 Å². The summed E-state index contributed by atoms with van der Waals surface area (Å²) < 4.78 is 6.10. The van der Waals surface area contributed by atoms with E-state index in [0.717, 1.165) is 56.6 Å². The zero-order valence-corrected chi connectivity index (χ0v) is 33.3. The first-order valence-corrected chi connectivity index (χ1v) is 20.4. The Balaban J connectivity index is 1.14. The smallest absolute Gasteiger partial charge is 0.123 e. The molecule has 0 heterocycles. The van der Waals surface area contributed by atoms with Crippen molar-refractivity contribution in [3.63, 3.8) is 0 Å². The van der Waals surface area contributed by atoms with Gasteiger partial charge in [-0.05, 0) is 97.9 Å². The lowest BCUT2D eigenvalue weighted by molar-refractivity contribution is 0.415. The molecule has 0 aliphatic rings. The number of nitrogens with zero attached hydrogens (tertiary/aromatic N) is 2.